The lowest BCUT2D eigenvalue weighted by atomic mass is 9.93. The van der Waals surface area contributed by atoms with Crippen LogP contribution in [0.15, 0.2) is 24.0 Å². The molecule has 1 atom stereocenters. The van der Waals surface area contributed by atoms with Crippen LogP contribution in [-0.4, -0.2) is 10.9 Å². The molecule has 2 nitrogen and oxygen atoms in total. The zero-order valence-corrected chi connectivity index (χ0v) is 5.87. The van der Waals surface area contributed by atoms with E-state index in [9.17, 15) is 4.79 Å². The van der Waals surface area contributed by atoms with E-state index in [1.54, 1.807) is 0 Å². The molecule has 2 heteroatoms. The van der Waals surface area contributed by atoms with Gasteiger partial charge in [0.1, 0.15) is 0 Å². The molecular weight excluding hydrogens is 128 g/mol. The molecule has 1 unspecified atom stereocenters. The fraction of sp³-hybridized carbons (Fsp3) is 0.375. The summed E-state index contributed by atoms with van der Waals surface area (Å²) in [6, 6.07) is 0. The van der Waals surface area contributed by atoms with Crippen molar-refractivity contribution < 1.29 is 9.90 Å². The first-order valence-corrected chi connectivity index (χ1v) is 3.30. The summed E-state index contributed by atoms with van der Waals surface area (Å²) in [5, 5.41) is 8.56. The molecule has 0 saturated carbocycles. The van der Waals surface area contributed by atoms with Gasteiger partial charge in [0.2, 0.25) is 0 Å². The molecule has 1 rings (SSSR count). The van der Waals surface area contributed by atoms with Crippen molar-refractivity contribution in [2.24, 2.45) is 5.92 Å². The van der Waals surface area contributed by atoms with Crippen LogP contribution in [0.4, 0.5) is 0 Å². The number of allylic oxidation sites excluding steroid dienone is 3. The number of ketones is 1. The molecule has 0 aromatic carbocycles. The zero-order chi connectivity index (χ0) is 7.56. The minimum absolute atomic E-state index is 0.0689. The van der Waals surface area contributed by atoms with Crippen molar-refractivity contribution in [3.05, 3.63) is 24.0 Å². The average Bonchev–Trinajstić information content (AvgIpc) is 1.94. The summed E-state index contributed by atoms with van der Waals surface area (Å²) >= 11 is 0. The van der Waals surface area contributed by atoms with Gasteiger partial charge in [-0.15, -0.1) is 0 Å². The molecule has 10 heavy (non-hydrogen) atoms. The second-order valence-corrected chi connectivity index (χ2v) is 2.56. The molecule has 0 fully saturated rings. The Morgan fingerprint density at radius 3 is 3.00 bits per heavy atom. The van der Waals surface area contributed by atoms with E-state index in [0.29, 0.717) is 17.9 Å². The van der Waals surface area contributed by atoms with Gasteiger partial charge in [0.15, 0.2) is 5.78 Å². The number of aliphatic hydroxyl groups excluding tert-OH is 1. The Kier molecular flexibility index (Phi) is 1.90. The molecule has 0 aromatic rings. The molecule has 0 saturated heterocycles. The van der Waals surface area contributed by atoms with Crippen LogP contribution in [0, 0.1) is 5.92 Å². The standard InChI is InChI=1S/C8H10O2/c1-6-2-3-8(10)7(4-6)5-9/h2-3,5-6,9H,4H2,1H3. The van der Waals surface area contributed by atoms with Gasteiger partial charge in [-0.05, 0) is 18.4 Å². The molecule has 0 bridgehead atoms. The maximum atomic E-state index is 10.9. The van der Waals surface area contributed by atoms with Gasteiger partial charge >= 0.3 is 0 Å². The van der Waals surface area contributed by atoms with Gasteiger partial charge in [0.25, 0.3) is 0 Å². The summed E-state index contributed by atoms with van der Waals surface area (Å²) < 4.78 is 0. The molecule has 0 aromatic heterocycles. The monoisotopic (exact) mass is 138 g/mol. The first-order valence-electron chi connectivity index (χ1n) is 3.30. The van der Waals surface area contributed by atoms with E-state index >= 15 is 0 Å². The molecule has 54 valence electrons. The lowest BCUT2D eigenvalue weighted by Crippen LogP contribution is -2.08. The molecule has 0 spiro atoms. The minimum Gasteiger partial charge on any atom is -0.515 e. The maximum Gasteiger partial charge on any atom is 0.184 e. The van der Waals surface area contributed by atoms with Crippen LogP contribution in [0.25, 0.3) is 0 Å². The summed E-state index contributed by atoms with van der Waals surface area (Å²) in [5.41, 5.74) is 0.509. The van der Waals surface area contributed by atoms with Crippen molar-refractivity contribution >= 4 is 5.78 Å². The summed E-state index contributed by atoms with van der Waals surface area (Å²) in [5.74, 6) is 0.303. The number of hydrogen-bond donors (Lipinski definition) is 1. The molecular formula is C8H10O2. The van der Waals surface area contributed by atoms with Crippen molar-refractivity contribution in [1.82, 2.24) is 0 Å². The van der Waals surface area contributed by atoms with Crippen LogP contribution in [-0.2, 0) is 4.79 Å². The zero-order valence-electron chi connectivity index (χ0n) is 5.87. The number of rotatable bonds is 0. The van der Waals surface area contributed by atoms with Crippen LogP contribution in [0.5, 0.6) is 0 Å². The summed E-state index contributed by atoms with van der Waals surface area (Å²) in [6.45, 7) is 2.01. The van der Waals surface area contributed by atoms with Gasteiger partial charge in [-0.2, -0.15) is 0 Å². The number of carbonyl (C=O) groups is 1. The molecule has 0 radical (unpaired) electrons. The van der Waals surface area contributed by atoms with Gasteiger partial charge in [0.05, 0.1) is 6.26 Å². The highest BCUT2D eigenvalue weighted by atomic mass is 16.2. The van der Waals surface area contributed by atoms with Gasteiger partial charge in [-0.25, -0.2) is 0 Å². The first-order chi connectivity index (χ1) is 4.74. The van der Waals surface area contributed by atoms with Gasteiger partial charge < -0.3 is 5.11 Å². The second-order valence-electron chi connectivity index (χ2n) is 2.56. The topological polar surface area (TPSA) is 37.3 Å². The normalized spacial score (nSPS) is 29.5. The van der Waals surface area contributed by atoms with Crippen molar-refractivity contribution in [2.45, 2.75) is 13.3 Å². The van der Waals surface area contributed by atoms with Crippen LogP contribution in [0.2, 0.25) is 0 Å². The maximum absolute atomic E-state index is 10.9. The highest BCUT2D eigenvalue weighted by Gasteiger charge is 2.14. The van der Waals surface area contributed by atoms with Gasteiger partial charge in [-0.3, -0.25) is 4.79 Å². The quantitative estimate of drug-likeness (QED) is 0.407. The Morgan fingerprint density at radius 1 is 1.80 bits per heavy atom. The molecule has 0 heterocycles. The Balaban J connectivity index is 2.82. The van der Waals surface area contributed by atoms with Crippen LogP contribution in [0.3, 0.4) is 0 Å². The van der Waals surface area contributed by atoms with Crippen molar-refractivity contribution in [1.29, 1.82) is 0 Å². The van der Waals surface area contributed by atoms with Gasteiger partial charge in [-0.1, -0.05) is 13.0 Å². The molecule has 1 aliphatic carbocycles. The molecule has 0 amide bonds. The van der Waals surface area contributed by atoms with Crippen molar-refractivity contribution in [3.63, 3.8) is 0 Å². The minimum atomic E-state index is -0.0689. The Bertz CT molecular complexity index is 201. The Morgan fingerprint density at radius 2 is 2.50 bits per heavy atom. The Hall–Kier alpha value is -1.05. The summed E-state index contributed by atoms with van der Waals surface area (Å²) in [4.78, 5) is 10.9. The van der Waals surface area contributed by atoms with E-state index in [1.807, 2.05) is 13.0 Å². The third-order valence-electron chi connectivity index (χ3n) is 1.59. The van der Waals surface area contributed by atoms with E-state index < -0.39 is 0 Å². The van der Waals surface area contributed by atoms with Crippen LogP contribution < -0.4 is 0 Å². The fourth-order valence-electron chi connectivity index (χ4n) is 0.991. The van der Waals surface area contributed by atoms with E-state index in [-0.39, 0.29) is 5.78 Å². The Labute approximate surface area is 59.9 Å². The highest BCUT2D eigenvalue weighted by Crippen LogP contribution is 2.18. The lowest BCUT2D eigenvalue weighted by molar-refractivity contribution is -0.111. The van der Waals surface area contributed by atoms with E-state index in [4.69, 9.17) is 5.11 Å². The van der Waals surface area contributed by atoms with Crippen molar-refractivity contribution in [2.75, 3.05) is 0 Å². The first kappa shape index (κ1) is 7.06. The summed E-state index contributed by atoms with van der Waals surface area (Å²) in [6.07, 6.45) is 4.93. The average molecular weight is 138 g/mol. The molecule has 1 aliphatic rings. The van der Waals surface area contributed by atoms with E-state index in [1.165, 1.54) is 6.08 Å². The number of aliphatic hydroxyl groups is 1. The number of carbonyl (C=O) groups excluding carboxylic acids is 1. The predicted molar refractivity (Wildman–Crippen MR) is 38.6 cm³/mol. The third kappa shape index (κ3) is 1.26. The fourth-order valence-corrected chi connectivity index (χ4v) is 0.991. The van der Waals surface area contributed by atoms with E-state index in [2.05, 4.69) is 0 Å². The predicted octanol–water partition coefficient (Wildman–Crippen LogP) is 1.59. The second kappa shape index (κ2) is 2.69. The van der Waals surface area contributed by atoms with Crippen molar-refractivity contribution in [3.8, 4) is 0 Å². The van der Waals surface area contributed by atoms with Crippen LogP contribution >= 0.6 is 0 Å². The van der Waals surface area contributed by atoms with Crippen LogP contribution in [0.1, 0.15) is 13.3 Å². The third-order valence-corrected chi connectivity index (χ3v) is 1.59. The number of hydrogen-bond acceptors (Lipinski definition) is 2. The summed E-state index contributed by atoms with van der Waals surface area (Å²) in [7, 11) is 0. The molecule has 0 aliphatic heterocycles. The highest BCUT2D eigenvalue weighted by molar-refractivity contribution is 6.04. The SMILES string of the molecule is CC1C=CC(=O)C(=CO)C1. The smallest absolute Gasteiger partial charge is 0.184 e. The van der Waals surface area contributed by atoms with E-state index in [0.717, 1.165) is 6.26 Å². The largest absolute Gasteiger partial charge is 0.515 e. The lowest BCUT2D eigenvalue weighted by Gasteiger charge is -2.11. The van der Waals surface area contributed by atoms with Gasteiger partial charge in [0, 0.05) is 5.57 Å². The molecule has 1 N–H and O–H groups in total.